The van der Waals surface area contributed by atoms with Crippen LogP contribution >= 0.6 is 0 Å². The molecule has 2 aromatic carbocycles. The van der Waals surface area contributed by atoms with Crippen LogP contribution in [0.1, 0.15) is 44.2 Å². The van der Waals surface area contributed by atoms with Gasteiger partial charge in [0.2, 0.25) is 0 Å². The maximum Gasteiger partial charge on any atom is 0.460 e. The Morgan fingerprint density at radius 2 is 1.17 bits per heavy atom. The van der Waals surface area contributed by atoms with Crippen molar-refractivity contribution in [3.8, 4) is 5.75 Å². The number of aliphatic hydroxyl groups is 1. The first kappa shape index (κ1) is 34.5. The van der Waals surface area contributed by atoms with Crippen molar-refractivity contribution in [3.63, 3.8) is 0 Å². The molecule has 0 amide bonds. The van der Waals surface area contributed by atoms with Gasteiger partial charge < -0.3 is 9.84 Å². The van der Waals surface area contributed by atoms with Crippen LogP contribution in [0.4, 0.5) is 57.1 Å². The molecule has 0 aliphatic carbocycles. The second kappa shape index (κ2) is 11.2. The van der Waals surface area contributed by atoms with Gasteiger partial charge in [-0.05, 0) is 29.2 Å². The Kier molecular flexibility index (Phi) is 9.40. The van der Waals surface area contributed by atoms with Gasteiger partial charge in [0.25, 0.3) is 0 Å². The van der Waals surface area contributed by atoms with Gasteiger partial charge in [-0.25, -0.2) is 0 Å². The third-order valence-corrected chi connectivity index (χ3v) is 6.42. The minimum Gasteiger partial charge on any atom is -0.493 e. The zero-order chi connectivity index (χ0) is 31.9. The number of halogens is 13. The van der Waals surface area contributed by atoms with Gasteiger partial charge in [0.1, 0.15) is 11.4 Å². The normalized spacial score (nSPS) is 16.4. The Balaban J connectivity index is 2.69. The molecule has 0 aliphatic heterocycles. The smallest absolute Gasteiger partial charge is 0.460 e. The van der Waals surface area contributed by atoms with Gasteiger partial charge in [-0.1, -0.05) is 63.2 Å². The fourth-order valence-corrected chi connectivity index (χ4v) is 3.89. The molecular weight excluding hydrogens is 591 g/mol. The summed E-state index contributed by atoms with van der Waals surface area (Å²) < 4.78 is 184. The minimum atomic E-state index is -8.03. The summed E-state index contributed by atoms with van der Waals surface area (Å²) in [6.07, 6.45) is -10.3. The van der Waals surface area contributed by atoms with Gasteiger partial charge in [0.15, 0.2) is 0 Å². The molecule has 0 spiro atoms. The SMILES string of the molecule is CC(C)COc1cccc(C(O)(CC(F)(F)C(F)(F)C(F)(F)C(F)(F)C(F)(F)C(F)(F)F)C(C)c2ccccc2)c1. The molecule has 2 nitrogen and oxygen atoms in total. The van der Waals surface area contributed by atoms with E-state index < -0.39 is 59.3 Å². The summed E-state index contributed by atoms with van der Waals surface area (Å²) in [6.45, 7) is 4.48. The maximum absolute atomic E-state index is 15.0. The summed E-state index contributed by atoms with van der Waals surface area (Å²) in [5, 5.41) is 11.4. The van der Waals surface area contributed by atoms with E-state index >= 15 is 8.78 Å². The van der Waals surface area contributed by atoms with E-state index in [1.54, 1.807) is 13.8 Å². The Bertz CT molecular complexity index is 1160. The topological polar surface area (TPSA) is 29.5 Å². The first-order chi connectivity index (χ1) is 18.4. The number of benzene rings is 2. The molecule has 2 rings (SSSR count). The van der Waals surface area contributed by atoms with Crippen LogP contribution in [0.25, 0.3) is 0 Å². The summed E-state index contributed by atoms with van der Waals surface area (Å²) in [4.78, 5) is 0. The lowest BCUT2D eigenvalue weighted by molar-refractivity contribution is -0.441. The number of alkyl halides is 13. The molecule has 0 bridgehead atoms. The van der Waals surface area contributed by atoms with Crippen molar-refractivity contribution in [1.29, 1.82) is 0 Å². The van der Waals surface area contributed by atoms with E-state index in [1.807, 2.05) is 0 Å². The lowest BCUT2D eigenvalue weighted by atomic mass is 9.73. The molecule has 41 heavy (non-hydrogen) atoms. The number of ether oxygens (including phenoxy) is 1. The van der Waals surface area contributed by atoms with Crippen molar-refractivity contribution in [2.45, 2.75) is 74.5 Å². The highest BCUT2D eigenvalue weighted by Gasteiger charge is 2.90. The van der Waals surface area contributed by atoms with E-state index in [4.69, 9.17) is 4.74 Å². The van der Waals surface area contributed by atoms with E-state index in [0.717, 1.165) is 25.1 Å². The number of hydrogen-bond donors (Lipinski definition) is 1. The molecule has 0 fully saturated rings. The van der Waals surface area contributed by atoms with Crippen LogP contribution in [0.15, 0.2) is 54.6 Å². The zero-order valence-corrected chi connectivity index (χ0v) is 21.5. The summed E-state index contributed by atoms with van der Waals surface area (Å²) in [5.74, 6) is -39.7. The first-order valence-corrected chi connectivity index (χ1v) is 11.8. The van der Waals surface area contributed by atoms with Gasteiger partial charge >= 0.3 is 35.8 Å². The molecule has 2 unspecified atom stereocenters. The average molecular weight is 616 g/mol. The molecule has 0 heterocycles. The maximum atomic E-state index is 15.0. The lowest BCUT2D eigenvalue weighted by Gasteiger charge is -2.43. The minimum absolute atomic E-state index is 0.0386. The van der Waals surface area contributed by atoms with Crippen LogP contribution in [0.5, 0.6) is 5.75 Å². The molecule has 0 aromatic heterocycles. The van der Waals surface area contributed by atoms with Crippen molar-refractivity contribution in [2.75, 3.05) is 6.61 Å². The van der Waals surface area contributed by atoms with Crippen LogP contribution in [-0.2, 0) is 5.60 Å². The molecule has 2 atom stereocenters. The highest BCUT2D eigenvalue weighted by molar-refractivity contribution is 5.37. The van der Waals surface area contributed by atoms with Crippen molar-refractivity contribution >= 4 is 0 Å². The van der Waals surface area contributed by atoms with Crippen molar-refractivity contribution in [2.24, 2.45) is 5.92 Å². The van der Waals surface area contributed by atoms with Crippen LogP contribution in [0.3, 0.4) is 0 Å². The molecule has 15 heteroatoms. The molecule has 1 N–H and O–H groups in total. The summed E-state index contributed by atoms with van der Waals surface area (Å²) in [6, 6.07) is 10.7. The predicted octanol–water partition coefficient (Wildman–Crippen LogP) is 8.84. The third-order valence-electron chi connectivity index (χ3n) is 6.42. The fraction of sp³-hybridized carbons (Fsp3) is 0.538. The van der Waals surface area contributed by atoms with E-state index in [0.29, 0.717) is 0 Å². The molecule has 2 aromatic rings. The Morgan fingerprint density at radius 1 is 0.659 bits per heavy atom. The van der Waals surface area contributed by atoms with Crippen LogP contribution in [-0.4, -0.2) is 47.5 Å². The van der Waals surface area contributed by atoms with Gasteiger partial charge in [0, 0.05) is 5.92 Å². The average Bonchev–Trinajstić information content (AvgIpc) is 2.86. The van der Waals surface area contributed by atoms with Crippen molar-refractivity contribution in [3.05, 3.63) is 65.7 Å². The molecule has 0 radical (unpaired) electrons. The summed E-state index contributed by atoms with van der Waals surface area (Å²) >= 11 is 0. The molecule has 0 aliphatic rings. The van der Waals surface area contributed by atoms with Crippen molar-refractivity contribution < 1.29 is 66.9 Å². The third kappa shape index (κ3) is 6.09. The van der Waals surface area contributed by atoms with Crippen LogP contribution in [0, 0.1) is 5.92 Å². The molecular formula is C26H25F13O2. The Morgan fingerprint density at radius 3 is 1.66 bits per heavy atom. The largest absolute Gasteiger partial charge is 0.493 e. The van der Waals surface area contributed by atoms with E-state index in [-0.39, 0.29) is 23.8 Å². The van der Waals surface area contributed by atoms with E-state index in [9.17, 15) is 53.4 Å². The van der Waals surface area contributed by atoms with Crippen LogP contribution < -0.4 is 4.74 Å². The van der Waals surface area contributed by atoms with E-state index in [1.165, 1.54) is 36.4 Å². The number of hydrogen-bond acceptors (Lipinski definition) is 2. The first-order valence-electron chi connectivity index (χ1n) is 11.8. The summed E-state index contributed by atoms with van der Waals surface area (Å²) in [5.41, 5.74) is -4.01. The molecule has 0 saturated carbocycles. The quantitative estimate of drug-likeness (QED) is 0.242. The van der Waals surface area contributed by atoms with Gasteiger partial charge in [0.05, 0.1) is 13.0 Å². The highest BCUT2D eigenvalue weighted by Crippen LogP contribution is 2.62. The van der Waals surface area contributed by atoms with Gasteiger partial charge in [-0.3, -0.25) is 0 Å². The summed E-state index contributed by atoms with van der Waals surface area (Å²) in [7, 11) is 0. The lowest BCUT2D eigenvalue weighted by Crippen LogP contribution is -2.70. The molecule has 0 saturated heterocycles. The Hall–Kier alpha value is -2.71. The standard InChI is InChI=1S/C26H25F13O2/c1-15(2)13-41-19-11-7-10-18(12-19)20(40,16(3)17-8-5-4-6-9-17)14-21(27,28)22(29,30)23(31,32)24(33,34)25(35,36)26(37,38)39/h4-12,15-16,40H,13-14H2,1-3H3. The second-order valence-electron chi connectivity index (χ2n) is 9.97. The zero-order valence-electron chi connectivity index (χ0n) is 21.5. The van der Waals surface area contributed by atoms with Crippen LogP contribution in [0.2, 0.25) is 0 Å². The fourth-order valence-electron chi connectivity index (χ4n) is 3.89. The second-order valence-corrected chi connectivity index (χ2v) is 9.97. The van der Waals surface area contributed by atoms with Gasteiger partial charge in [-0.2, -0.15) is 57.1 Å². The monoisotopic (exact) mass is 616 g/mol. The predicted molar refractivity (Wildman–Crippen MR) is 121 cm³/mol. The Labute approximate surface area is 226 Å². The van der Waals surface area contributed by atoms with Gasteiger partial charge in [-0.15, -0.1) is 0 Å². The van der Waals surface area contributed by atoms with Crippen molar-refractivity contribution in [1.82, 2.24) is 0 Å². The number of rotatable bonds is 12. The van der Waals surface area contributed by atoms with E-state index in [2.05, 4.69) is 0 Å². The highest BCUT2D eigenvalue weighted by atomic mass is 19.4. The molecule has 232 valence electrons.